The number of hydrogen-bond donors (Lipinski definition) is 2. The maximum absolute atomic E-state index is 12.0. The summed E-state index contributed by atoms with van der Waals surface area (Å²) < 4.78 is 0. The van der Waals surface area contributed by atoms with Gasteiger partial charge in [0.05, 0.1) is 6.10 Å². The summed E-state index contributed by atoms with van der Waals surface area (Å²) in [5.74, 6) is 0.392. The van der Waals surface area contributed by atoms with Crippen LogP contribution in [0.3, 0.4) is 0 Å². The first kappa shape index (κ1) is 15.8. The molecule has 4 heteroatoms. The molecular formula is C19H24N2O2. The third-order valence-electron chi connectivity index (χ3n) is 4.48. The van der Waals surface area contributed by atoms with Gasteiger partial charge in [0.2, 0.25) is 0 Å². The van der Waals surface area contributed by atoms with Crippen molar-refractivity contribution in [1.29, 1.82) is 0 Å². The molecule has 0 heterocycles. The van der Waals surface area contributed by atoms with Gasteiger partial charge in [0.25, 0.3) is 0 Å². The van der Waals surface area contributed by atoms with Crippen molar-refractivity contribution in [3.63, 3.8) is 0 Å². The van der Waals surface area contributed by atoms with Crippen molar-refractivity contribution in [3.05, 3.63) is 48.0 Å². The molecule has 2 aromatic rings. The third-order valence-corrected chi connectivity index (χ3v) is 4.48. The zero-order valence-electron chi connectivity index (χ0n) is 13.5. The first-order chi connectivity index (χ1) is 11.1. The monoisotopic (exact) mass is 312 g/mol. The van der Waals surface area contributed by atoms with Gasteiger partial charge in [0, 0.05) is 20.1 Å². The van der Waals surface area contributed by atoms with Gasteiger partial charge in [-0.15, -0.1) is 0 Å². The molecule has 1 aliphatic rings. The van der Waals surface area contributed by atoms with E-state index in [1.165, 1.54) is 16.3 Å². The fraction of sp³-hybridized carbons (Fsp3) is 0.421. The Hall–Kier alpha value is -2.07. The highest BCUT2D eigenvalue weighted by Gasteiger charge is 2.31. The molecule has 0 saturated heterocycles. The highest BCUT2D eigenvalue weighted by Crippen LogP contribution is 2.32. The molecule has 1 atom stereocenters. The lowest BCUT2D eigenvalue weighted by Crippen LogP contribution is -2.42. The lowest BCUT2D eigenvalue weighted by atomic mass is 10.1. The zero-order valence-corrected chi connectivity index (χ0v) is 13.5. The van der Waals surface area contributed by atoms with Gasteiger partial charge >= 0.3 is 6.03 Å². The molecule has 1 saturated carbocycles. The van der Waals surface area contributed by atoms with Crippen LogP contribution in [0.4, 0.5) is 4.79 Å². The Kier molecular flexibility index (Phi) is 4.82. The van der Waals surface area contributed by atoms with Crippen molar-refractivity contribution in [2.45, 2.75) is 25.4 Å². The van der Waals surface area contributed by atoms with Crippen LogP contribution in [-0.4, -0.2) is 42.3 Å². The fourth-order valence-electron chi connectivity index (χ4n) is 2.84. The maximum atomic E-state index is 12.0. The van der Waals surface area contributed by atoms with Crippen molar-refractivity contribution >= 4 is 16.8 Å². The Balaban J connectivity index is 1.46. The molecule has 0 unspecified atom stereocenters. The van der Waals surface area contributed by atoms with Crippen molar-refractivity contribution < 1.29 is 9.90 Å². The van der Waals surface area contributed by atoms with Crippen molar-refractivity contribution in [2.24, 2.45) is 5.92 Å². The number of likely N-dealkylation sites (N-methyl/N-ethyl adjacent to an activating group) is 1. The molecule has 0 aromatic heterocycles. The molecule has 2 N–H and O–H groups in total. The van der Waals surface area contributed by atoms with Crippen molar-refractivity contribution in [2.75, 3.05) is 20.1 Å². The second-order valence-electron chi connectivity index (χ2n) is 6.45. The predicted molar refractivity (Wildman–Crippen MR) is 92.4 cm³/mol. The number of rotatable bonds is 6. The number of amides is 2. The molecule has 122 valence electrons. The molecule has 3 rings (SSSR count). The summed E-state index contributed by atoms with van der Waals surface area (Å²) in [5, 5.41) is 15.3. The van der Waals surface area contributed by atoms with Gasteiger partial charge < -0.3 is 15.3 Å². The average Bonchev–Trinajstić information content (AvgIpc) is 3.39. The Morgan fingerprint density at radius 1 is 1.26 bits per heavy atom. The number of carbonyl (C=O) groups excluding carboxylic acids is 1. The molecule has 1 fully saturated rings. The summed E-state index contributed by atoms with van der Waals surface area (Å²) in [7, 11) is 1.73. The van der Waals surface area contributed by atoms with Crippen molar-refractivity contribution in [1.82, 2.24) is 10.2 Å². The number of aliphatic hydroxyl groups excluding tert-OH is 1. The number of hydrogen-bond acceptors (Lipinski definition) is 2. The quantitative estimate of drug-likeness (QED) is 0.862. The lowest BCUT2D eigenvalue weighted by Gasteiger charge is -2.21. The highest BCUT2D eigenvalue weighted by atomic mass is 16.3. The maximum Gasteiger partial charge on any atom is 0.317 e. The van der Waals surface area contributed by atoms with E-state index in [-0.39, 0.29) is 12.1 Å². The van der Waals surface area contributed by atoms with E-state index in [1.54, 1.807) is 11.9 Å². The van der Waals surface area contributed by atoms with Gasteiger partial charge in [-0.2, -0.15) is 0 Å². The van der Waals surface area contributed by atoms with Gasteiger partial charge in [-0.1, -0.05) is 42.5 Å². The summed E-state index contributed by atoms with van der Waals surface area (Å²) in [6, 6.07) is 14.5. The van der Waals surface area contributed by atoms with Crippen LogP contribution >= 0.6 is 0 Å². The fourth-order valence-corrected chi connectivity index (χ4v) is 2.84. The van der Waals surface area contributed by atoms with E-state index in [0.29, 0.717) is 19.0 Å². The van der Waals surface area contributed by atoms with Crippen LogP contribution in [-0.2, 0) is 6.42 Å². The van der Waals surface area contributed by atoms with E-state index in [1.807, 2.05) is 12.1 Å². The van der Waals surface area contributed by atoms with E-state index in [4.69, 9.17) is 0 Å². The molecule has 1 aliphatic carbocycles. The second-order valence-corrected chi connectivity index (χ2v) is 6.45. The Labute approximate surface area is 137 Å². The molecule has 0 aliphatic heterocycles. The Morgan fingerprint density at radius 2 is 2.00 bits per heavy atom. The number of carbonyl (C=O) groups is 1. The minimum atomic E-state index is -0.383. The van der Waals surface area contributed by atoms with Gasteiger partial charge in [-0.3, -0.25) is 0 Å². The third kappa shape index (κ3) is 4.23. The highest BCUT2D eigenvalue weighted by molar-refractivity contribution is 5.83. The Bertz CT molecular complexity index is 682. The number of fused-ring (bicyclic) bond motifs is 1. The molecule has 0 radical (unpaired) electrons. The number of urea groups is 1. The average molecular weight is 312 g/mol. The number of nitrogens with one attached hydrogen (secondary N) is 1. The molecule has 0 spiro atoms. The summed E-state index contributed by atoms with van der Waals surface area (Å²) >= 11 is 0. The van der Waals surface area contributed by atoms with Crippen LogP contribution in [0.5, 0.6) is 0 Å². The minimum absolute atomic E-state index is 0.120. The number of aliphatic hydroxyl groups is 1. The van der Waals surface area contributed by atoms with Crippen LogP contribution in [0.15, 0.2) is 42.5 Å². The van der Waals surface area contributed by atoms with E-state index in [0.717, 1.165) is 19.3 Å². The second kappa shape index (κ2) is 7.01. The number of nitrogens with zero attached hydrogens (tertiary/aromatic N) is 1. The SMILES string of the molecule is CN(C[C@H](O)C1CC1)C(=O)NCCc1ccc2ccccc2c1. The van der Waals surface area contributed by atoms with Gasteiger partial charge in [0.1, 0.15) is 0 Å². The Morgan fingerprint density at radius 3 is 2.74 bits per heavy atom. The zero-order chi connectivity index (χ0) is 16.2. The van der Waals surface area contributed by atoms with Crippen LogP contribution in [0, 0.1) is 5.92 Å². The summed E-state index contributed by atoms with van der Waals surface area (Å²) in [6.07, 6.45) is 2.58. The van der Waals surface area contributed by atoms with Crippen LogP contribution in [0.25, 0.3) is 10.8 Å². The first-order valence-corrected chi connectivity index (χ1v) is 8.28. The summed E-state index contributed by atoms with van der Waals surface area (Å²) in [6.45, 7) is 1.01. The first-order valence-electron chi connectivity index (χ1n) is 8.28. The normalized spacial score (nSPS) is 15.4. The van der Waals surface area contributed by atoms with E-state index in [2.05, 4.69) is 35.6 Å². The van der Waals surface area contributed by atoms with Gasteiger partial charge in [0.15, 0.2) is 0 Å². The van der Waals surface area contributed by atoms with E-state index >= 15 is 0 Å². The van der Waals surface area contributed by atoms with Crippen LogP contribution in [0.2, 0.25) is 0 Å². The molecule has 0 bridgehead atoms. The lowest BCUT2D eigenvalue weighted by molar-refractivity contribution is 0.113. The predicted octanol–water partition coefficient (Wildman–Crippen LogP) is 2.79. The molecule has 2 aromatic carbocycles. The topological polar surface area (TPSA) is 52.6 Å². The molecule has 4 nitrogen and oxygen atoms in total. The summed E-state index contributed by atoms with van der Waals surface area (Å²) in [4.78, 5) is 13.6. The smallest absolute Gasteiger partial charge is 0.317 e. The van der Waals surface area contributed by atoms with Crippen LogP contribution < -0.4 is 5.32 Å². The minimum Gasteiger partial charge on any atom is -0.391 e. The molecular weight excluding hydrogens is 288 g/mol. The van der Waals surface area contributed by atoms with Gasteiger partial charge in [-0.25, -0.2) is 4.79 Å². The summed E-state index contributed by atoms with van der Waals surface area (Å²) in [5.41, 5.74) is 1.21. The van der Waals surface area contributed by atoms with Crippen molar-refractivity contribution in [3.8, 4) is 0 Å². The molecule has 23 heavy (non-hydrogen) atoms. The van der Waals surface area contributed by atoms with E-state index < -0.39 is 0 Å². The van der Waals surface area contributed by atoms with Gasteiger partial charge in [-0.05, 0) is 41.5 Å². The van der Waals surface area contributed by atoms with Crippen LogP contribution in [0.1, 0.15) is 18.4 Å². The molecule has 2 amide bonds. The largest absolute Gasteiger partial charge is 0.391 e. The standard InChI is InChI=1S/C19H24N2O2/c1-21(13-18(22)16-8-9-16)19(23)20-11-10-14-6-7-15-4-2-3-5-17(15)12-14/h2-7,12,16,18,22H,8-11,13H2,1H3,(H,20,23)/t18-/m0/s1. The number of benzene rings is 2. The van der Waals surface area contributed by atoms with E-state index in [9.17, 15) is 9.90 Å².